The zero-order valence-corrected chi connectivity index (χ0v) is 22.0. The van der Waals surface area contributed by atoms with E-state index in [4.69, 9.17) is 9.47 Å². The Morgan fingerprint density at radius 3 is 2.81 bits per heavy atom. The number of hydrogen-bond acceptors (Lipinski definition) is 6. The highest BCUT2D eigenvalue weighted by Crippen LogP contribution is 2.63. The normalized spacial score (nSPS) is 25.8. The van der Waals surface area contributed by atoms with Crippen molar-refractivity contribution in [1.29, 1.82) is 0 Å². The number of thioether (sulfide) groups is 1. The Hall–Kier alpha value is -2.71. The zero-order valence-electron chi connectivity index (χ0n) is 20.4. The number of anilines is 1. The van der Waals surface area contributed by atoms with Crippen molar-refractivity contribution in [3.63, 3.8) is 0 Å². The molecule has 3 aromatic rings. The molecule has 188 valence electrons. The molecule has 1 aromatic heterocycles. The molecule has 36 heavy (non-hydrogen) atoms. The smallest absolute Gasteiger partial charge is 0.305 e. The van der Waals surface area contributed by atoms with Crippen LogP contribution in [-0.2, 0) is 4.79 Å². The number of fused-ring (bicyclic) bond motifs is 6. The summed E-state index contributed by atoms with van der Waals surface area (Å²) in [6.07, 6.45) is 3.89. The van der Waals surface area contributed by atoms with E-state index in [2.05, 4.69) is 22.4 Å². The van der Waals surface area contributed by atoms with Gasteiger partial charge in [0.1, 0.15) is 0 Å². The molecule has 2 saturated carbocycles. The molecule has 4 unspecified atom stereocenters. The van der Waals surface area contributed by atoms with E-state index >= 15 is 0 Å². The number of rotatable bonds is 7. The summed E-state index contributed by atoms with van der Waals surface area (Å²) in [6, 6.07) is 13.8. The van der Waals surface area contributed by atoms with E-state index in [1.165, 1.54) is 30.6 Å². The van der Waals surface area contributed by atoms with Gasteiger partial charge in [-0.2, -0.15) is 0 Å². The second kappa shape index (κ2) is 9.63. The van der Waals surface area contributed by atoms with Crippen molar-refractivity contribution in [1.82, 2.24) is 4.98 Å². The van der Waals surface area contributed by atoms with E-state index in [1.807, 2.05) is 55.9 Å². The van der Waals surface area contributed by atoms with E-state index in [9.17, 15) is 9.59 Å². The van der Waals surface area contributed by atoms with Gasteiger partial charge < -0.3 is 19.8 Å². The third-order valence-electron chi connectivity index (χ3n) is 7.75. The number of nitrogens with one attached hydrogen (secondary N) is 2. The van der Waals surface area contributed by atoms with Gasteiger partial charge in [0.25, 0.3) is 5.91 Å². The maximum atomic E-state index is 12.5. The minimum Gasteiger partial charge on any atom is -0.490 e. The van der Waals surface area contributed by atoms with Crippen LogP contribution in [0.15, 0.2) is 52.3 Å². The molecule has 8 heteroatoms. The highest BCUT2D eigenvalue weighted by molar-refractivity contribution is 8.00. The fourth-order valence-corrected chi connectivity index (χ4v) is 9.29. The molecular formula is C28H30N2O4S2. The molecule has 0 spiro atoms. The van der Waals surface area contributed by atoms with Crippen LogP contribution in [0.1, 0.15) is 48.1 Å². The predicted molar refractivity (Wildman–Crippen MR) is 144 cm³/mol. The fourth-order valence-electron chi connectivity index (χ4n) is 6.39. The SMILES string of the molecule is CCOc1cc([C@H]2c3sc(=O)[nH]c3SC3C4CCC(C4)C32)ccc1OCC(=O)Nc1cccc(C)c1. The lowest BCUT2D eigenvalue weighted by molar-refractivity contribution is -0.118. The van der Waals surface area contributed by atoms with Crippen LogP contribution in [0, 0.1) is 24.7 Å². The van der Waals surface area contributed by atoms with E-state index < -0.39 is 0 Å². The number of benzene rings is 2. The molecule has 1 aliphatic heterocycles. The van der Waals surface area contributed by atoms with E-state index in [0.29, 0.717) is 35.2 Å². The molecule has 2 aliphatic carbocycles. The minimum atomic E-state index is -0.219. The maximum Gasteiger partial charge on any atom is 0.305 e. The van der Waals surface area contributed by atoms with E-state index in [-0.39, 0.29) is 23.3 Å². The van der Waals surface area contributed by atoms with Gasteiger partial charge in [-0.15, -0.1) is 11.8 Å². The summed E-state index contributed by atoms with van der Waals surface area (Å²) in [4.78, 5) is 29.1. The molecule has 2 bridgehead atoms. The van der Waals surface area contributed by atoms with Crippen molar-refractivity contribution in [2.45, 2.75) is 49.3 Å². The Labute approximate surface area is 218 Å². The zero-order chi connectivity index (χ0) is 24.8. The standard InChI is InChI=1S/C28H30N2O4S2/c1-3-33-21-13-17(9-10-20(21)34-14-22(31)29-19-6-4-5-15(2)11-19)24-23-16-7-8-18(12-16)25(23)35-27-26(24)36-28(32)30-27/h4-6,9-11,13,16,18,23-25H,3,7-8,12,14H2,1-2H3,(H,29,31)(H,30,32)/t16?,18?,23?,24-,25?/m1/s1. The van der Waals surface area contributed by atoms with Crippen LogP contribution in [0.3, 0.4) is 0 Å². The predicted octanol–water partition coefficient (Wildman–Crippen LogP) is 5.81. The summed E-state index contributed by atoms with van der Waals surface area (Å²) < 4.78 is 11.9. The van der Waals surface area contributed by atoms with Crippen LogP contribution >= 0.6 is 23.1 Å². The monoisotopic (exact) mass is 522 g/mol. The highest BCUT2D eigenvalue weighted by Gasteiger charge is 2.54. The molecule has 0 radical (unpaired) electrons. The number of amides is 1. The Balaban J connectivity index is 1.26. The van der Waals surface area contributed by atoms with Gasteiger partial charge in [-0.3, -0.25) is 9.59 Å². The summed E-state index contributed by atoms with van der Waals surface area (Å²) in [5.41, 5.74) is 2.99. The molecule has 2 N–H and O–H groups in total. The second-order valence-corrected chi connectivity index (χ2v) is 12.2. The molecule has 2 aromatic carbocycles. The first-order chi connectivity index (χ1) is 17.5. The lowest BCUT2D eigenvalue weighted by atomic mass is 9.75. The van der Waals surface area contributed by atoms with Crippen LogP contribution in [-0.4, -0.2) is 29.4 Å². The van der Waals surface area contributed by atoms with Crippen LogP contribution in [0.4, 0.5) is 5.69 Å². The van der Waals surface area contributed by atoms with Gasteiger partial charge in [0.2, 0.25) is 0 Å². The molecule has 6 nitrogen and oxygen atoms in total. The molecule has 3 aliphatic rings. The topological polar surface area (TPSA) is 80.4 Å². The van der Waals surface area contributed by atoms with Crippen molar-refractivity contribution in [2.24, 2.45) is 17.8 Å². The number of carbonyl (C=O) groups is 1. The van der Waals surface area contributed by atoms with Gasteiger partial charge in [0.05, 0.1) is 11.6 Å². The summed E-state index contributed by atoms with van der Waals surface area (Å²) >= 11 is 3.25. The second-order valence-electron chi connectivity index (χ2n) is 10.0. The third kappa shape index (κ3) is 4.34. The van der Waals surface area contributed by atoms with Crippen molar-refractivity contribution in [3.05, 3.63) is 68.1 Å². The van der Waals surface area contributed by atoms with Gasteiger partial charge in [0.15, 0.2) is 18.1 Å². The van der Waals surface area contributed by atoms with Gasteiger partial charge in [-0.1, -0.05) is 29.5 Å². The van der Waals surface area contributed by atoms with Crippen molar-refractivity contribution in [2.75, 3.05) is 18.5 Å². The Morgan fingerprint density at radius 2 is 1.97 bits per heavy atom. The first-order valence-corrected chi connectivity index (χ1v) is 14.4. The van der Waals surface area contributed by atoms with Crippen LogP contribution in [0.25, 0.3) is 0 Å². The maximum absolute atomic E-state index is 12.5. The van der Waals surface area contributed by atoms with Crippen LogP contribution in [0.2, 0.25) is 0 Å². The fraction of sp³-hybridized carbons (Fsp3) is 0.429. The van der Waals surface area contributed by atoms with Crippen molar-refractivity contribution in [3.8, 4) is 11.5 Å². The average molecular weight is 523 g/mol. The molecule has 0 saturated heterocycles. The van der Waals surface area contributed by atoms with Crippen LogP contribution < -0.4 is 19.7 Å². The number of H-pyrrole nitrogens is 1. The highest BCUT2D eigenvalue weighted by atomic mass is 32.2. The number of ether oxygens (including phenoxy) is 2. The molecule has 6 rings (SSSR count). The molecular weight excluding hydrogens is 492 g/mol. The summed E-state index contributed by atoms with van der Waals surface area (Å²) in [6.45, 7) is 4.32. The largest absolute Gasteiger partial charge is 0.490 e. The number of aryl methyl sites for hydroxylation is 1. The summed E-state index contributed by atoms with van der Waals surface area (Å²) in [5, 5.41) is 4.49. The molecule has 2 fully saturated rings. The summed E-state index contributed by atoms with van der Waals surface area (Å²) in [5.74, 6) is 3.14. The molecule has 2 heterocycles. The van der Waals surface area contributed by atoms with Gasteiger partial charge in [-0.25, -0.2) is 0 Å². The lowest BCUT2D eigenvalue weighted by Crippen LogP contribution is -2.33. The first kappa shape index (κ1) is 23.7. The Morgan fingerprint density at radius 1 is 1.11 bits per heavy atom. The lowest BCUT2D eigenvalue weighted by Gasteiger charge is -2.40. The quantitative estimate of drug-likeness (QED) is 0.409. The number of carbonyl (C=O) groups excluding carboxylic acids is 1. The number of hydrogen-bond donors (Lipinski definition) is 2. The van der Waals surface area contributed by atoms with Crippen molar-refractivity contribution >= 4 is 34.7 Å². The van der Waals surface area contributed by atoms with Gasteiger partial charge in [0, 0.05) is 21.7 Å². The van der Waals surface area contributed by atoms with E-state index in [1.54, 1.807) is 0 Å². The minimum absolute atomic E-state index is 0.0226. The molecule has 1 amide bonds. The van der Waals surface area contributed by atoms with Gasteiger partial charge in [-0.05, 0) is 86.3 Å². The average Bonchev–Trinajstić information content (AvgIpc) is 3.56. The molecule has 5 atom stereocenters. The van der Waals surface area contributed by atoms with Crippen LogP contribution in [0.5, 0.6) is 11.5 Å². The Bertz CT molecular complexity index is 1350. The number of thiazole rings is 1. The Kier molecular flexibility index (Phi) is 6.33. The first-order valence-electron chi connectivity index (χ1n) is 12.7. The van der Waals surface area contributed by atoms with E-state index in [0.717, 1.165) is 32.6 Å². The van der Waals surface area contributed by atoms with Crippen molar-refractivity contribution < 1.29 is 14.3 Å². The number of aromatic nitrogens is 1. The van der Waals surface area contributed by atoms with Gasteiger partial charge >= 0.3 is 4.87 Å². The third-order valence-corrected chi connectivity index (χ3v) is 10.4. The summed E-state index contributed by atoms with van der Waals surface area (Å²) in [7, 11) is 0. The number of aromatic amines is 1.